The van der Waals surface area contributed by atoms with Gasteiger partial charge in [0.2, 0.25) is 0 Å². The summed E-state index contributed by atoms with van der Waals surface area (Å²) >= 11 is 3.35. The lowest BCUT2D eigenvalue weighted by Crippen LogP contribution is -2.00. The van der Waals surface area contributed by atoms with Gasteiger partial charge in [-0.3, -0.25) is 4.98 Å². The number of aromatic nitrogens is 2. The molecule has 2 aromatic heterocycles. The van der Waals surface area contributed by atoms with E-state index in [1.807, 2.05) is 6.07 Å². The van der Waals surface area contributed by atoms with Crippen molar-refractivity contribution in [3.05, 3.63) is 46.8 Å². The molecule has 82 valence electrons. The molecular formula is C11H10BrN3O. The van der Waals surface area contributed by atoms with E-state index in [1.165, 1.54) is 0 Å². The van der Waals surface area contributed by atoms with Crippen LogP contribution in [0.15, 0.2) is 41.3 Å². The fourth-order valence-corrected chi connectivity index (χ4v) is 1.63. The summed E-state index contributed by atoms with van der Waals surface area (Å²) in [6.07, 6.45) is 5.10. The molecule has 0 unspecified atom stereocenters. The third-order valence-electron chi connectivity index (χ3n) is 1.96. The zero-order chi connectivity index (χ0) is 11.4. The molecule has 0 spiro atoms. The van der Waals surface area contributed by atoms with Crippen molar-refractivity contribution in [3.63, 3.8) is 0 Å². The van der Waals surface area contributed by atoms with Gasteiger partial charge in [-0.1, -0.05) is 0 Å². The van der Waals surface area contributed by atoms with E-state index < -0.39 is 0 Å². The van der Waals surface area contributed by atoms with Crippen LogP contribution >= 0.6 is 15.9 Å². The topological polar surface area (TPSA) is 61.0 Å². The molecule has 0 aliphatic carbocycles. The molecule has 0 amide bonds. The Balaban J connectivity index is 2.05. The lowest BCUT2D eigenvalue weighted by molar-refractivity contribution is 0.306. The fourth-order valence-electron chi connectivity index (χ4n) is 1.22. The van der Waals surface area contributed by atoms with Gasteiger partial charge in [0.05, 0.1) is 0 Å². The Morgan fingerprint density at radius 3 is 3.00 bits per heavy atom. The maximum atomic E-state index is 5.65. The monoisotopic (exact) mass is 279 g/mol. The van der Waals surface area contributed by atoms with Crippen molar-refractivity contribution in [2.75, 3.05) is 5.73 Å². The number of hydrogen-bond donors (Lipinski definition) is 1. The molecule has 2 heterocycles. The normalized spacial score (nSPS) is 10.1. The summed E-state index contributed by atoms with van der Waals surface area (Å²) in [6, 6.07) is 5.51. The van der Waals surface area contributed by atoms with Gasteiger partial charge < -0.3 is 10.5 Å². The number of pyridine rings is 2. The number of hydrogen-bond acceptors (Lipinski definition) is 4. The van der Waals surface area contributed by atoms with Crippen molar-refractivity contribution in [2.24, 2.45) is 0 Å². The number of rotatable bonds is 3. The Labute approximate surface area is 102 Å². The van der Waals surface area contributed by atoms with Gasteiger partial charge in [0.25, 0.3) is 0 Å². The van der Waals surface area contributed by atoms with Crippen LogP contribution in [0.4, 0.5) is 5.82 Å². The maximum Gasteiger partial charge on any atom is 0.166 e. The molecule has 0 fully saturated rings. The minimum atomic E-state index is 0.394. The number of halogens is 1. The maximum absolute atomic E-state index is 5.65. The van der Waals surface area contributed by atoms with Crippen LogP contribution in [0.25, 0.3) is 0 Å². The summed E-state index contributed by atoms with van der Waals surface area (Å²) in [6.45, 7) is 0.419. The molecule has 0 aliphatic rings. The zero-order valence-electron chi connectivity index (χ0n) is 8.43. The van der Waals surface area contributed by atoms with Crippen molar-refractivity contribution in [1.29, 1.82) is 0 Å². The Morgan fingerprint density at radius 1 is 1.38 bits per heavy atom. The molecule has 0 bridgehead atoms. The second-order valence-corrected chi connectivity index (χ2v) is 4.10. The Hall–Kier alpha value is -1.62. The SMILES string of the molecule is Nc1ncccc1OCc1cncc(Br)c1. The van der Waals surface area contributed by atoms with Crippen molar-refractivity contribution in [2.45, 2.75) is 6.61 Å². The number of nitrogens with zero attached hydrogens (tertiary/aromatic N) is 2. The minimum absolute atomic E-state index is 0.394. The van der Waals surface area contributed by atoms with E-state index in [9.17, 15) is 0 Å². The van der Waals surface area contributed by atoms with Crippen LogP contribution in [-0.4, -0.2) is 9.97 Å². The molecule has 0 saturated heterocycles. The lowest BCUT2D eigenvalue weighted by Gasteiger charge is -2.07. The van der Waals surface area contributed by atoms with E-state index >= 15 is 0 Å². The summed E-state index contributed by atoms with van der Waals surface area (Å²) in [5, 5.41) is 0. The van der Waals surface area contributed by atoms with E-state index in [4.69, 9.17) is 10.5 Å². The van der Waals surface area contributed by atoms with Crippen LogP contribution in [0, 0.1) is 0 Å². The van der Waals surface area contributed by atoms with Gasteiger partial charge in [0.15, 0.2) is 11.6 Å². The molecule has 2 aromatic rings. The average molecular weight is 280 g/mol. The highest BCUT2D eigenvalue weighted by Gasteiger charge is 2.01. The number of ether oxygens (including phenoxy) is 1. The first-order valence-corrected chi connectivity index (χ1v) is 5.48. The summed E-state index contributed by atoms with van der Waals surface area (Å²) in [7, 11) is 0. The predicted molar refractivity (Wildman–Crippen MR) is 64.9 cm³/mol. The Morgan fingerprint density at radius 2 is 2.25 bits per heavy atom. The van der Waals surface area contributed by atoms with E-state index in [2.05, 4.69) is 25.9 Å². The van der Waals surface area contributed by atoms with E-state index in [-0.39, 0.29) is 0 Å². The van der Waals surface area contributed by atoms with Crippen molar-refractivity contribution in [3.8, 4) is 5.75 Å². The second-order valence-electron chi connectivity index (χ2n) is 3.19. The van der Waals surface area contributed by atoms with Gasteiger partial charge in [0, 0.05) is 28.6 Å². The molecule has 0 radical (unpaired) electrons. The van der Waals surface area contributed by atoms with Crippen LogP contribution in [0.1, 0.15) is 5.56 Å². The first kappa shape index (κ1) is 10.9. The highest BCUT2D eigenvalue weighted by molar-refractivity contribution is 9.10. The summed E-state index contributed by atoms with van der Waals surface area (Å²) < 4.78 is 6.45. The van der Waals surface area contributed by atoms with Gasteiger partial charge in [-0.15, -0.1) is 0 Å². The van der Waals surface area contributed by atoms with Gasteiger partial charge in [-0.2, -0.15) is 0 Å². The summed E-state index contributed by atoms with van der Waals surface area (Å²) in [5.74, 6) is 0.980. The van der Waals surface area contributed by atoms with Crippen molar-refractivity contribution < 1.29 is 4.74 Å². The zero-order valence-corrected chi connectivity index (χ0v) is 10.0. The van der Waals surface area contributed by atoms with Crippen LogP contribution in [0.5, 0.6) is 5.75 Å². The molecule has 0 atom stereocenters. The molecule has 0 aliphatic heterocycles. The standard InChI is InChI=1S/C11H10BrN3O/c12-9-4-8(5-14-6-9)7-16-10-2-1-3-15-11(10)13/h1-6H,7H2,(H2,13,15). The average Bonchev–Trinajstić information content (AvgIpc) is 2.28. The second kappa shape index (κ2) is 4.94. The number of nitrogens with two attached hydrogens (primary N) is 1. The molecule has 0 saturated carbocycles. The summed E-state index contributed by atoms with van der Waals surface area (Å²) in [4.78, 5) is 7.98. The third kappa shape index (κ3) is 2.70. The smallest absolute Gasteiger partial charge is 0.166 e. The lowest BCUT2D eigenvalue weighted by atomic mass is 10.3. The Bertz CT molecular complexity index is 490. The van der Waals surface area contributed by atoms with Gasteiger partial charge >= 0.3 is 0 Å². The molecule has 2 N–H and O–H groups in total. The molecule has 16 heavy (non-hydrogen) atoms. The molecule has 0 aromatic carbocycles. The van der Waals surface area contributed by atoms with E-state index in [0.29, 0.717) is 18.2 Å². The first-order chi connectivity index (χ1) is 7.75. The molecular weight excluding hydrogens is 270 g/mol. The summed E-state index contributed by atoms with van der Waals surface area (Å²) in [5.41, 5.74) is 6.62. The van der Waals surface area contributed by atoms with Gasteiger partial charge in [0.1, 0.15) is 6.61 Å². The predicted octanol–water partition coefficient (Wildman–Crippen LogP) is 2.40. The van der Waals surface area contributed by atoms with Gasteiger partial charge in [-0.05, 0) is 34.1 Å². The first-order valence-electron chi connectivity index (χ1n) is 4.68. The highest BCUT2D eigenvalue weighted by Crippen LogP contribution is 2.19. The van der Waals surface area contributed by atoms with E-state index in [1.54, 1.807) is 30.7 Å². The number of anilines is 1. The quantitative estimate of drug-likeness (QED) is 0.937. The van der Waals surface area contributed by atoms with Crippen molar-refractivity contribution >= 4 is 21.7 Å². The van der Waals surface area contributed by atoms with Crippen LogP contribution in [0.3, 0.4) is 0 Å². The van der Waals surface area contributed by atoms with Crippen LogP contribution in [0.2, 0.25) is 0 Å². The Kier molecular flexibility index (Phi) is 3.36. The van der Waals surface area contributed by atoms with Crippen molar-refractivity contribution in [1.82, 2.24) is 9.97 Å². The number of nitrogen functional groups attached to an aromatic ring is 1. The molecule has 5 heteroatoms. The largest absolute Gasteiger partial charge is 0.485 e. The fraction of sp³-hybridized carbons (Fsp3) is 0.0909. The van der Waals surface area contributed by atoms with Crippen LogP contribution in [-0.2, 0) is 6.61 Å². The van der Waals surface area contributed by atoms with E-state index in [0.717, 1.165) is 10.0 Å². The van der Waals surface area contributed by atoms with Crippen LogP contribution < -0.4 is 10.5 Å². The molecule has 4 nitrogen and oxygen atoms in total. The van der Waals surface area contributed by atoms with Gasteiger partial charge in [-0.25, -0.2) is 4.98 Å². The third-order valence-corrected chi connectivity index (χ3v) is 2.39. The minimum Gasteiger partial charge on any atom is -0.485 e. The highest BCUT2D eigenvalue weighted by atomic mass is 79.9. The molecule has 2 rings (SSSR count).